The Kier molecular flexibility index (Phi) is 5.12. The fourth-order valence-electron chi connectivity index (χ4n) is 1.54. The lowest BCUT2D eigenvalue weighted by molar-refractivity contribution is 0.0696. The smallest absolute Gasteiger partial charge is 0.335 e. The first-order chi connectivity index (χ1) is 9.47. The molecule has 0 fully saturated rings. The maximum atomic E-state index is 10.8. The van der Waals surface area contributed by atoms with Crippen molar-refractivity contribution in [3.8, 4) is 5.75 Å². The lowest BCUT2D eigenvalue weighted by Gasteiger charge is -2.09. The maximum Gasteiger partial charge on any atom is 0.335 e. The highest BCUT2D eigenvalue weighted by Gasteiger charge is 2.08. The second-order valence-corrected chi connectivity index (χ2v) is 5.96. The van der Waals surface area contributed by atoms with Gasteiger partial charge in [-0.05, 0) is 58.5 Å². The number of ether oxygens (including phenoxy) is 1. The molecule has 0 saturated carbocycles. The lowest BCUT2D eigenvalue weighted by atomic mass is 10.2. The first-order valence-corrected chi connectivity index (χ1v) is 7.40. The van der Waals surface area contributed by atoms with Gasteiger partial charge >= 0.3 is 5.97 Å². The molecule has 0 spiro atoms. The molecule has 20 heavy (non-hydrogen) atoms. The third kappa shape index (κ3) is 3.77. The highest BCUT2D eigenvalue weighted by molar-refractivity contribution is 14.1. The van der Waals surface area contributed by atoms with Gasteiger partial charge in [-0.15, -0.1) is 0 Å². The van der Waals surface area contributed by atoms with E-state index in [1.807, 2.05) is 28.7 Å². The number of halogens is 3. The quantitative estimate of drug-likeness (QED) is 0.714. The molecule has 2 aromatic carbocycles. The van der Waals surface area contributed by atoms with Gasteiger partial charge in [-0.3, -0.25) is 0 Å². The Morgan fingerprint density at radius 3 is 2.50 bits per heavy atom. The summed E-state index contributed by atoms with van der Waals surface area (Å²) in [4.78, 5) is 10.8. The number of hydrogen-bond donors (Lipinski definition) is 1. The molecule has 3 nitrogen and oxygen atoms in total. The Morgan fingerprint density at radius 2 is 1.90 bits per heavy atom. The van der Waals surface area contributed by atoms with Crippen molar-refractivity contribution in [1.29, 1.82) is 0 Å². The van der Waals surface area contributed by atoms with Crippen molar-refractivity contribution in [3.05, 3.63) is 61.1 Å². The van der Waals surface area contributed by atoms with Gasteiger partial charge in [-0.2, -0.15) is 0 Å². The van der Waals surface area contributed by atoms with Gasteiger partial charge < -0.3 is 9.84 Å². The minimum atomic E-state index is -0.959. The summed E-state index contributed by atoms with van der Waals surface area (Å²) in [6.07, 6.45) is 0. The van der Waals surface area contributed by atoms with Gasteiger partial charge in [0.25, 0.3) is 0 Å². The topological polar surface area (TPSA) is 46.5 Å². The van der Waals surface area contributed by atoms with Crippen LogP contribution in [0.3, 0.4) is 0 Å². The summed E-state index contributed by atoms with van der Waals surface area (Å²) < 4.78 is 6.39. The predicted octanol–water partition coefficient (Wildman–Crippen LogP) is 4.88. The van der Waals surface area contributed by atoms with Crippen molar-refractivity contribution < 1.29 is 14.6 Å². The lowest BCUT2D eigenvalue weighted by Crippen LogP contribution is -2.00. The van der Waals surface area contributed by atoms with Gasteiger partial charge in [0.1, 0.15) is 12.4 Å². The molecule has 0 aromatic heterocycles. The van der Waals surface area contributed by atoms with E-state index >= 15 is 0 Å². The Hall–Kier alpha value is -0.980. The molecule has 0 atom stereocenters. The number of carboxylic acids is 1. The van der Waals surface area contributed by atoms with Gasteiger partial charge in [0.05, 0.1) is 19.2 Å². The monoisotopic (exact) mass is 422 g/mol. The fraction of sp³-hybridized carbons (Fsp3) is 0.0714. The highest BCUT2D eigenvalue weighted by Crippen LogP contribution is 2.25. The summed E-state index contributed by atoms with van der Waals surface area (Å²) in [6, 6.07) is 9.99. The standard InChI is InChI=1S/C14H9Cl2IO3/c15-10-3-1-8(5-11(10)16)7-20-13-4-2-9(14(18)19)6-12(13)17/h1-6H,7H2,(H,18,19). The summed E-state index contributed by atoms with van der Waals surface area (Å²) >= 11 is 13.8. The molecule has 0 amide bonds. The van der Waals surface area contributed by atoms with Crippen molar-refractivity contribution in [2.75, 3.05) is 0 Å². The van der Waals surface area contributed by atoms with Gasteiger partial charge in [0.2, 0.25) is 0 Å². The molecule has 0 aliphatic carbocycles. The van der Waals surface area contributed by atoms with E-state index < -0.39 is 5.97 Å². The van der Waals surface area contributed by atoms with E-state index in [-0.39, 0.29) is 5.56 Å². The highest BCUT2D eigenvalue weighted by atomic mass is 127. The van der Waals surface area contributed by atoms with E-state index in [1.165, 1.54) is 6.07 Å². The number of rotatable bonds is 4. The Bertz CT molecular complexity index is 659. The SMILES string of the molecule is O=C(O)c1ccc(OCc2ccc(Cl)c(Cl)c2)c(I)c1. The molecule has 0 aliphatic heterocycles. The maximum absolute atomic E-state index is 10.8. The van der Waals surface area contributed by atoms with Crippen LogP contribution in [-0.4, -0.2) is 11.1 Å². The Balaban J connectivity index is 2.10. The number of aromatic carboxylic acids is 1. The van der Waals surface area contributed by atoms with E-state index in [4.69, 9.17) is 33.0 Å². The molecule has 0 aliphatic rings. The van der Waals surface area contributed by atoms with Crippen molar-refractivity contribution in [2.24, 2.45) is 0 Å². The van der Waals surface area contributed by atoms with Gasteiger partial charge in [0.15, 0.2) is 0 Å². The largest absolute Gasteiger partial charge is 0.488 e. The number of benzene rings is 2. The molecule has 0 heterocycles. The minimum absolute atomic E-state index is 0.233. The van der Waals surface area contributed by atoms with E-state index in [0.717, 1.165) is 9.13 Å². The molecule has 2 rings (SSSR count). The van der Waals surface area contributed by atoms with Crippen molar-refractivity contribution in [2.45, 2.75) is 6.61 Å². The Labute approximate surface area is 139 Å². The number of hydrogen-bond acceptors (Lipinski definition) is 2. The summed E-state index contributed by atoms with van der Waals surface area (Å²) in [6.45, 7) is 0.333. The molecule has 6 heteroatoms. The van der Waals surface area contributed by atoms with Gasteiger partial charge in [-0.25, -0.2) is 4.79 Å². The summed E-state index contributed by atoms with van der Waals surface area (Å²) in [5, 5.41) is 9.87. The van der Waals surface area contributed by atoms with E-state index in [0.29, 0.717) is 22.4 Å². The van der Waals surface area contributed by atoms with Crippen LogP contribution in [0.1, 0.15) is 15.9 Å². The fourth-order valence-corrected chi connectivity index (χ4v) is 2.53. The molecule has 0 bridgehead atoms. The van der Waals surface area contributed by atoms with Crippen molar-refractivity contribution in [1.82, 2.24) is 0 Å². The molecular formula is C14H9Cl2IO3. The van der Waals surface area contributed by atoms with Crippen LogP contribution in [0, 0.1) is 3.57 Å². The zero-order chi connectivity index (χ0) is 14.7. The van der Waals surface area contributed by atoms with Crippen molar-refractivity contribution in [3.63, 3.8) is 0 Å². The molecule has 0 radical (unpaired) electrons. The van der Waals surface area contributed by atoms with Crippen LogP contribution in [0.25, 0.3) is 0 Å². The van der Waals surface area contributed by atoms with E-state index in [1.54, 1.807) is 24.3 Å². The third-order valence-electron chi connectivity index (χ3n) is 2.56. The van der Waals surface area contributed by atoms with Crippen LogP contribution < -0.4 is 4.74 Å². The van der Waals surface area contributed by atoms with Crippen LogP contribution in [0.2, 0.25) is 10.0 Å². The normalized spacial score (nSPS) is 10.3. The predicted molar refractivity (Wildman–Crippen MR) is 86.9 cm³/mol. The minimum Gasteiger partial charge on any atom is -0.488 e. The van der Waals surface area contributed by atoms with Crippen molar-refractivity contribution >= 4 is 51.8 Å². The molecule has 2 aromatic rings. The van der Waals surface area contributed by atoms with Crippen LogP contribution in [0.5, 0.6) is 5.75 Å². The van der Waals surface area contributed by atoms with Crippen LogP contribution >= 0.6 is 45.8 Å². The number of carbonyl (C=O) groups is 1. The summed E-state index contributed by atoms with van der Waals surface area (Å²) in [7, 11) is 0. The first kappa shape index (κ1) is 15.4. The average molecular weight is 423 g/mol. The van der Waals surface area contributed by atoms with Crippen LogP contribution in [0.4, 0.5) is 0 Å². The second kappa shape index (κ2) is 6.65. The first-order valence-electron chi connectivity index (χ1n) is 5.57. The number of carboxylic acid groups (broad SMARTS) is 1. The molecule has 0 saturated heterocycles. The molecule has 104 valence electrons. The van der Waals surface area contributed by atoms with Crippen LogP contribution in [-0.2, 0) is 6.61 Å². The van der Waals surface area contributed by atoms with Gasteiger partial charge in [0, 0.05) is 0 Å². The van der Waals surface area contributed by atoms with E-state index in [2.05, 4.69) is 0 Å². The molecular weight excluding hydrogens is 414 g/mol. The second-order valence-electron chi connectivity index (χ2n) is 3.99. The zero-order valence-corrected chi connectivity index (χ0v) is 13.7. The Morgan fingerprint density at radius 1 is 1.15 bits per heavy atom. The summed E-state index contributed by atoms with van der Waals surface area (Å²) in [5.74, 6) is -0.333. The van der Waals surface area contributed by atoms with Crippen LogP contribution in [0.15, 0.2) is 36.4 Å². The average Bonchev–Trinajstić information content (AvgIpc) is 2.41. The van der Waals surface area contributed by atoms with Gasteiger partial charge in [-0.1, -0.05) is 29.3 Å². The molecule has 0 unspecified atom stereocenters. The molecule has 1 N–H and O–H groups in total. The third-order valence-corrected chi connectivity index (χ3v) is 4.14. The summed E-state index contributed by atoms with van der Waals surface area (Å²) in [5.41, 5.74) is 1.12. The van der Waals surface area contributed by atoms with E-state index in [9.17, 15) is 4.79 Å². The zero-order valence-electron chi connectivity index (χ0n) is 10.1.